The Labute approximate surface area is 111 Å². The summed E-state index contributed by atoms with van der Waals surface area (Å²) in [7, 11) is 0. The van der Waals surface area contributed by atoms with Crippen molar-refractivity contribution >= 4 is 0 Å². The highest BCUT2D eigenvalue weighted by Crippen LogP contribution is 2.16. The molecule has 0 aromatic heterocycles. The molecule has 0 saturated carbocycles. The second-order valence-corrected chi connectivity index (χ2v) is 5.10. The smallest absolute Gasteiger partial charge is 0.0856 e. The molecule has 0 aromatic carbocycles. The molecule has 0 radical (unpaired) electrons. The molecule has 110 valence electrons. The first-order valence-electron chi connectivity index (χ1n) is 7.13. The predicted octanol–water partition coefficient (Wildman–Crippen LogP) is 1.71. The Balaban J connectivity index is 4.07. The summed E-state index contributed by atoms with van der Waals surface area (Å²) in [4.78, 5) is 0. The van der Waals surface area contributed by atoms with Crippen LogP contribution in [0.15, 0.2) is 0 Å². The summed E-state index contributed by atoms with van der Waals surface area (Å²) in [6, 6.07) is 0. The van der Waals surface area contributed by atoms with Crippen LogP contribution in [0.25, 0.3) is 0 Å². The molecule has 4 unspecified atom stereocenters. The summed E-state index contributed by atoms with van der Waals surface area (Å²) in [5.74, 6) is 0.512. The molecule has 0 bridgehead atoms. The van der Waals surface area contributed by atoms with E-state index in [0.29, 0.717) is 12.5 Å². The van der Waals surface area contributed by atoms with Crippen LogP contribution in [0.3, 0.4) is 0 Å². The molecule has 0 amide bonds. The second-order valence-electron chi connectivity index (χ2n) is 5.10. The molecule has 0 aliphatic heterocycles. The average molecular weight is 262 g/mol. The molecule has 0 aromatic rings. The van der Waals surface area contributed by atoms with E-state index < -0.39 is 18.3 Å². The van der Waals surface area contributed by atoms with Crippen LogP contribution < -0.4 is 0 Å². The van der Waals surface area contributed by atoms with Gasteiger partial charge in [-0.15, -0.1) is 0 Å². The molecule has 0 saturated heterocycles. The highest BCUT2D eigenvalue weighted by molar-refractivity contribution is 4.70. The van der Waals surface area contributed by atoms with E-state index in [4.69, 9.17) is 9.84 Å². The zero-order chi connectivity index (χ0) is 14.0. The van der Waals surface area contributed by atoms with Crippen LogP contribution in [-0.2, 0) is 4.74 Å². The first-order chi connectivity index (χ1) is 8.54. The van der Waals surface area contributed by atoms with Crippen molar-refractivity contribution in [3.8, 4) is 0 Å². The first-order valence-corrected chi connectivity index (χ1v) is 7.13. The lowest BCUT2D eigenvalue weighted by Crippen LogP contribution is -2.33. The highest BCUT2D eigenvalue weighted by atomic mass is 16.5. The molecule has 0 aliphatic rings. The molecule has 4 heteroatoms. The molecule has 0 spiro atoms. The Hall–Kier alpha value is -0.160. The molecule has 3 N–H and O–H groups in total. The largest absolute Gasteiger partial charge is 0.394 e. The normalized spacial score (nSPS) is 18.3. The van der Waals surface area contributed by atoms with E-state index in [2.05, 4.69) is 13.8 Å². The summed E-state index contributed by atoms with van der Waals surface area (Å²) in [6.07, 6.45) is 3.01. The second kappa shape index (κ2) is 10.7. The maximum atomic E-state index is 9.60. The molecule has 4 nitrogen and oxygen atoms in total. The minimum Gasteiger partial charge on any atom is -0.394 e. The average Bonchev–Trinajstić information content (AvgIpc) is 2.36. The van der Waals surface area contributed by atoms with Gasteiger partial charge in [0.15, 0.2) is 0 Å². The van der Waals surface area contributed by atoms with Crippen LogP contribution in [0.4, 0.5) is 0 Å². The molecule has 4 atom stereocenters. The fraction of sp³-hybridized carbons (Fsp3) is 1.00. The van der Waals surface area contributed by atoms with Crippen molar-refractivity contribution in [2.75, 3.05) is 13.2 Å². The topological polar surface area (TPSA) is 69.9 Å². The SMILES string of the molecule is CCCCC(CC)COC(CC(O)CO)C(C)O. The van der Waals surface area contributed by atoms with Crippen molar-refractivity contribution in [1.29, 1.82) is 0 Å². The predicted molar refractivity (Wildman–Crippen MR) is 72.4 cm³/mol. The van der Waals surface area contributed by atoms with Crippen LogP contribution in [0.5, 0.6) is 0 Å². The quantitative estimate of drug-likeness (QED) is 0.530. The lowest BCUT2D eigenvalue weighted by molar-refractivity contribution is -0.0704. The van der Waals surface area contributed by atoms with Gasteiger partial charge in [0.2, 0.25) is 0 Å². The van der Waals surface area contributed by atoms with E-state index in [1.807, 2.05) is 0 Å². The van der Waals surface area contributed by atoms with Gasteiger partial charge < -0.3 is 20.1 Å². The van der Waals surface area contributed by atoms with Gasteiger partial charge in [-0.25, -0.2) is 0 Å². The van der Waals surface area contributed by atoms with Crippen LogP contribution >= 0.6 is 0 Å². The van der Waals surface area contributed by atoms with Crippen molar-refractivity contribution in [1.82, 2.24) is 0 Å². The van der Waals surface area contributed by atoms with Crippen LogP contribution in [0, 0.1) is 5.92 Å². The molecular weight excluding hydrogens is 232 g/mol. The maximum absolute atomic E-state index is 9.60. The maximum Gasteiger partial charge on any atom is 0.0856 e. The Morgan fingerprint density at radius 2 is 1.83 bits per heavy atom. The van der Waals surface area contributed by atoms with Gasteiger partial charge in [0.05, 0.1) is 24.9 Å². The number of hydrogen-bond donors (Lipinski definition) is 3. The van der Waals surface area contributed by atoms with E-state index in [1.54, 1.807) is 6.92 Å². The summed E-state index contributed by atoms with van der Waals surface area (Å²) in [5.41, 5.74) is 0. The van der Waals surface area contributed by atoms with E-state index in [0.717, 1.165) is 12.8 Å². The van der Waals surface area contributed by atoms with Gasteiger partial charge in [-0.3, -0.25) is 0 Å². The third-order valence-electron chi connectivity index (χ3n) is 3.34. The molecule has 0 heterocycles. The first kappa shape index (κ1) is 17.8. The molecule has 0 aliphatic carbocycles. The lowest BCUT2D eigenvalue weighted by atomic mass is 10.00. The Morgan fingerprint density at radius 1 is 1.17 bits per heavy atom. The number of hydrogen-bond acceptors (Lipinski definition) is 4. The van der Waals surface area contributed by atoms with Gasteiger partial charge in [-0.1, -0.05) is 33.1 Å². The third kappa shape index (κ3) is 8.03. The Bertz CT molecular complexity index is 185. The molecule has 0 fully saturated rings. The number of ether oxygens (including phenoxy) is 1. The summed E-state index contributed by atoms with van der Waals surface area (Å²) < 4.78 is 5.71. The van der Waals surface area contributed by atoms with Gasteiger partial charge >= 0.3 is 0 Å². The van der Waals surface area contributed by atoms with Crippen LogP contribution in [0.2, 0.25) is 0 Å². The number of unbranched alkanes of at least 4 members (excludes halogenated alkanes) is 1. The van der Waals surface area contributed by atoms with Gasteiger partial charge in [0.25, 0.3) is 0 Å². The summed E-state index contributed by atoms with van der Waals surface area (Å²) in [6.45, 7) is 6.29. The van der Waals surface area contributed by atoms with Crippen molar-refractivity contribution in [2.24, 2.45) is 5.92 Å². The van der Waals surface area contributed by atoms with Gasteiger partial charge in [-0.2, -0.15) is 0 Å². The minimum absolute atomic E-state index is 0.276. The summed E-state index contributed by atoms with van der Waals surface area (Å²) >= 11 is 0. The Morgan fingerprint density at radius 3 is 2.28 bits per heavy atom. The van der Waals surface area contributed by atoms with E-state index in [1.165, 1.54) is 12.8 Å². The van der Waals surface area contributed by atoms with E-state index >= 15 is 0 Å². The minimum atomic E-state index is -0.819. The van der Waals surface area contributed by atoms with Gasteiger partial charge in [0, 0.05) is 13.0 Å². The monoisotopic (exact) mass is 262 g/mol. The van der Waals surface area contributed by atoms with Crippen molar-refractivity contribution in [3.05, 3.63) is 0 Å². The van der Waals surface area contributed by atoms with Crippen molar-refractivity contribution < 1.29 is 20.1 Å². The standard InChI is InChI=1S/C14H30O4/c1-4-6-7-12(5-2)10-18-14(11(3)16)8-13(17)9-15/h11-17H,4-10H2,1-3H3. The van der Waals surface area contributed by atoms with Crippen molar-refractivity contribution in [2.45, 2.75) is 71.2 Å². The summed E-state index contributed by atoms with van der Waals surface area (Å²) in [5, 5.41) is 27.8. The fourth-order valence-electron chi connectivity index (χ4n) is 1.90. The van der Waals surface area contributed by atoms with Crippen LogP contribution in [-0.4, -0.2) is 46.8 Å². The van der Waals surface area contributed by atoms with Crippen LogP contribution in [0.1, 0.15) is 52.9 Å². The highest BCUT2D eigenvalue weighted by Gasteiger charge is 2.20. The fourth-order valence-corrected chi connectivity index (χ4v) is 1.90. The van der Waals surface area contributed by atoms with Gasteiger partial charge in [0.1, 0.15) is 0 Å². The van der Waals surface area contributed by atoms with E-state index in [-0.39, 0.29) is 13.0 Å². The number of rotatable bonds is 11. The number of aliphatic hydroxyl groups excluding tert-OH is 3. The van der Waals surface area contributed by atoms with Crippen molar-refractivity contribution in [3.63, 3.8) is 0 Å². The van der Waals surface area contributed by atoms with Gasteiger partial charge in [-0.05, 0) is 19.3 Å². The molecule has 18 heavy (non-hydrogen) atoms. The number of aliphatic hydroxyl groups is 3. The molecule has 0 rings (SSSR count). The zero-order valence-corrected chi connectivity index (χ0v) is 12.0. The zero-order valence-electron chi connectivity index (χ0n) is 12.0. The van der Waals surface area contributed by atoms with E-state index in [9.17, 15) is 10.2 Å². The third-order valence-corrected chi connectivity index (χ3v) is 3.34. The lowest BCUT2D eigenvalue weighted by Gasteiger charge is -2.25. The molecular formula is C14H30O4. The Kier molecular flexibility index (Phi) is 10.6.